The molecule has 114 valence electrons. The van der Waals surface area contributed by atoms with Crippen molar-refractivity contribution in [3.05, 3.63) is 45.9 Å². The van der Waals surface area contributed by atoms with Gasteiger partial charge in [-0.15, -0.1) is 11.3 Å². The molecular weight excluding hydrogens is 308 g/mol. The Kier molecular flexibility index (Phi) is 5.10. The van der Waals surface area contributed by atoms with Gasteiger partial charge >= 0.3 is 0 Å². The molecule has 5 nitrogen and oxygen atoms in total. The van der Waals surface area contributed by atoms with Crippen molar-refractivity contribution in [2.45, 2.75) is 31.4 Å². The van der Waals surface area contributed by atoms with Gasteiger partial charge in [0.25, 0.3) is 0 Å². The summed E-state index contributed by atoms with van der Waals surface area (Å²) in [5.74, 6) is 0. The largest absolute Gasteiger partial charge is 0.392 e. The monoisotopic (exact) mass is 326 g/mol. The summed E-state index contributed by atoms with van der Waals surface area (Å²) >= 11 is 1.44. The van der Waals surface area contributed by atoms with Gasteiger partial charge in [-0.2, -0.15) is 4.31 Å². The van der Waals surface area contributed by atoms with Crippen LogP contribution >= 0.6 is 11.3 Å². The number of sulfonamides is 1. The molecule has 7 heteroatoms. The molecule has 0 unspecified atom stereocenters. The first kappa shape index (κ1) is 16.1. The Balaban J connectivity index is 2.38. The van der Waals surface area contributed by atoms with Gasteiger partial charge in [-0.3, -0.25) is 0 Å². The van der Waals surface area contributed by atoms with E-state index in [1.807, 2.05) is 12.3 Å². The van der Waals surface area contributed by atoms with Crippen molar-refractivity contribution in [2.24, 2.45) is 0 Å². The van der Waals surface area contributed by atoms with E-state index in [2.05, 4.69) is 4.98 Å². The molecule has 0 saturated carbocycles. The number of aliphatic hydroxyl groups is 1. The maximum atomic E-state index is 12.7. The lowest BCUT2D eigenvalue weighted by Gasteiger charge is -2.19. The minimum absolute atomic E-state index is 0.178. The van der Waals surface area contributed by atoms with E-state index in [1.54, 1.807) is 30.8 Å². The Hall–Kier alpha value is -1.28. The van der Waals surface area contributed by atoms with Gasteiger partial charge in [0.15, 0.2) is 0 Å². The van der Waals surface area contributed by atoms with Gasteiger partial charge in [0.2, 0.25) is 10.0 Å². The molecule has 0 atom stereocenters. The van der Waals surface area contributed by atoms with Crippen molar-refractivity contribution >= 4 is 21.4 Å². The third-order valence-corrected chi connectivity index (χ3v) is 5.77. The highest BCUT2D eigenvalue weighted by molar-refractivity contribution is 7.89. The summed E-state index contributed by atoms with van der Waals surface area (Å²) < 4.78 is 26.7. The number of aromatic nitrogens is 1. The third-order valence-electron chi connectivity index (χ3n) is 3.25. The zero-order chi connectivity index (χ0) is 15.5. The predicted octanol–water partition coefficient (Wildman–Crippen LogP) is 2.02. The Labute approximate surface area is 128 Å². The summed E-state index contributed by atoms with van der Waals surface area (Å²) in [6.07, 6.45) is 0.616. The maximum Gasteiger partial charge on any atom is 0.243 e. The number of aryl methyl sites for hydroxylation is 1. The number of hydrogen-bond acceptors (Lipinski definition) is 5. The molecule has 1 aromatic carbocycles. The van der Waals surface area contributed by atoms with E-state index in [-0.39, 0.29) is 18.0 Å². The van der Waals surface area contributed by atoms with E-state index in [9.17, 15) is 13.5 Å². The van der Waals surface area contributed by atoms with Crippen molar-refractivity contribution in [1.29, 1.82) is 0 Å². The van der Waals surface area contributed by atoms with E-state index < -0.39 is 10.0 Å². The number of hydrogen-bond donors (Lipinski definition) is 1. The molecule has 0 saturated heterocycles. The van der Waals surface area contributed by atoms with Crippen molar-refractivity contribution < 1.29 is 13.5 Å². The van der Waals surface area contributed by atoms with Crippen molar-refractivity contribution in [2.75, 3.05) is 7.05 Å². The van der Waals surface area contributed by atoms with Crippen LogP contribution in [-0.2, 0) is 29.6 Å². The molecule has 2 rings (SSSR count). The highest BCUT2D eigenvalue weighted by Crippen LogP contribution is 2.23. The van der Waals surface area contributed by atoms with Gasteiger partial charge in [-0.05, 0) is 23.6 Å². The number of benzene rings is 1. The fraction of sp³-hybridized carbons (Fsp3) is 0.357. The molecule has 0 amide bonds. The van der Waals surface area contributed by atoms with Crippen LogP contribution in [0.3, 0.4) is 0 Å². The Morgan fingerprint density at radius 2 is 2.14 bits per heavy atom. The molecule has 0 aliphatic heterocycles. The van der Waals surface area contributed by atoms with Crippen LogP contribution in [0.5, 0.6) is 0 Å². The summed E-state index contributed by atoms with van der Waals surface area (Å²) in [7, 11) is -2.06. The molecule has 0 fully saturated rings. The third kappa shape index (κ3) is 3.49. The van der Waals surface area contributed by atoms with Crippen molar-refractivity contribution in [3.63, 3.8) is 0 Å². The Morgan fingerprint density at radius 3 is 2.71 bits per heavy atom. The number of thiazole rings is 1. The highest BCUT2D eigenvalue weighted by Gasteiger charge is 2.24. The molecule has 0 aliphatic rings. The van der Waals surface area contributed by atoms with E-state index in [1.165, 1.54) is 15.6 Å². The summed E-state index contributed by atoms with van der Waals surface area (Å²) in [6, 6.07) is 5.05. The molecule has 0 bridgehead atoms. The average molecular weight is 326 g/mol. The second kappa shape index (κ2) is 6.65. The van der Waals surface area contributed by atoms with Gasteiger partial charge in [0.05, 0.1) is 29.3 Å². The fourth-order valence-corrected chi connectivity index (χ4v) is 4.06. The van der Waals surface area contributed by atoms with Gasteiger partial charge in [-0.1, -0.05) is 19.1 Å². The van der Waals surface area contributed by atoms with Crippen molar-refractivity contribution in [3.8, 4) is 0 Å². The summed E-state index contributed by atoms with van der Waals surface area (Å²) in [4.78, 5) is 4.37. The zero-order valence-corrected chi connectivity index (χ0v) is 13.6. The predicted molar refractivity (Wildman–Crippen MR) is 82.5 cm³/mol. The molecular formula is C14H18N2O3S2. The van der Waals surface area contributed by atoms with Crippen LogP contribution in [0.4, 0.5) is 0 Å². The molecule has 0 radical (unpaired) electrons. The van der Waals surface area contributed by atoms with E-state index >= 15 is 0 Å². The first-order valence-corrected chi connectivity index (χ1v) is 8.93. The van der Waals surface area contributed by atoms with Gasteiger partial charge in [0.1, 0.15) is 0 Å². The summed E-state index contributed by atoms with van der Waals surface area (Å²) in [6.45, 7) is 1.97. The molecule has 0 aliphatic carbocycles. The number of aliphatic hydroxyl groups excluding tert-OH is 1. The highest BCUT2D eigenvalue weighted by atomic mass is 32.2. The van der Waals surface area contributed by atoms with Gasteiger partial charge in [0, 0.05) is 12.4 Å². The summed E-state index contributed by atoms with van der Waals surface area (Å²) in [5.41, 5.74) is 3.74. The molecule has 2 aromatic rings. The van der Waals surface area contributed by atoms with Crippen LogP contribution in [0, 0.1) is 0 Å². The quantitative estimate of drug-likeness (QED) is 0.881. The van der Waals surface area contributed by atoms with Crippen molar-refractivity contribution in [1.82, 2.24) is 9.29 Å². The van der Waals surface area contributed by atoms with Crippen LogP contribution in [0.1, 0.15) is 23.7 Å². The van der Waals surface area contributed by atoms with Crippen LogP contribution in [0.25, 0.3) is 0 Å². The standard InChI is InChI=1S/C14H18N2O3S2/c1-3-12-5-4-11(8-17)6-14(12)21(18,19)16(2)7-13-9-20-10-15-13/h4-6,9-10,17H,3,7-8H2,1-2H3. The maximum absolute atomic E-state index is 12.7. The first-order valence-electron chi connectivity index (χ1n) is 6.55. The topological polar surface area (TPSA) is 70.5 Å². The minimum Gasteiger partial charge on any atom is -0.392 e. The average Bonchev–Trinajstić information content (AvgIpc) is 2.99. The smallest absolute Gasteiger partial charge is 0.243 e. The van der Waals surface area contributed by atoms with E-state index in [4.69, 9.17) is 0 Å². The summed E-state index contributed by atoms with van der Waals surface area (Å²) in [5, 5.41) is 11.1. The van der Waals surface area contributed by atoms with Crippen LogP contribution in [0.15, 0.2) is 34.0 Å². The zero-order valence-electron chi connectivity index (χ0n) is 12.0. The Bertz CT molecular complexity index is 697. The molecule has 21 heavy (non-hydrogen) atoms. The van der Waals surface area contributed by atoms with Crippen LogP contribution < -0.4 is 0 Å². The molecule has 1 N–H and O–H groups in total. The minimum atomic E-state index is -3.60. The van der Waals surface area contributed by atoms with E-state index in [0.717, 1.165) is 11.3 Å². The normalized spacial score (nSPS) is 12.0. The lowest BCUT2D eigenvalue weighted by atomic mass is 10.1. The first-order chi connectivity index (χ1) is 9.98. The second-order valence-corrected chi connectivity index (χ2v) is 7.43. The molecule has 1 heterocycles. The second-order valence-electron chi connectivity index (χ2n) is 4.69. The number of nitrogens with zero attached hydrogens (tertiary/aromatic N) is 2. The van der Waals surface area contributed by atoms with Gasteiger partial charge < -0.3 is 5.11 Å². The fourth-order valence-electron chi connectivity index (χ4n) is 2.03. The lowest BCUT2D eigenvalue weighted by Crippen LogP contribution is -2.27. The van der Waals surface area contributed by atoms with E-state index in [0.29, 0.717) is 12.0 Å². The Morgan fingerprint density at radius 1 is 1.38 bits per heavy atom. The molecule has 1 aromatic heterocycles. The lowest BCUT2D eigenvalue weighted by molar-refractivity contribution is 0.281. The van der Waals surface area contributed by atoms with Gasteiger partial charge in [-0.25, -0.2) is 13.4 Å². The SMILES string of the molecule is CCc1ccc(CO)cc1S(=O)(=O)N(C)Cc1cscn1. The molecule has 0 spiro atoms. The van der Waals surface area contributed by atoms with Crippen LogP contribution in [-0.4, -0.2) is 29.9 Å². The van der Waals surface area contributed by atoms with Crippen LogP contribution in [0.2, 0.25) is 0 Å². The number of rotatable bonds is 6.